The minimum atomic E-state index is -0.143. The highest BCUT2D eigenvalue weighted by Gasteiger charge is 2.25. The SMILES string of the molecule is N#Cc1ccc(O)c([C@H](N)C2CCCC2)c1. The Balaban J connectivity index is 2.27. The lowest BCUT2D eigenvalue weighted by atomic mass is 9.91. The van der Waals surface area contributed by atoms with E-state index in [-0.39, 0.29) is 11.8 Å². The van der Waals surface area contributed by atoms with Crippen LogP contribution in [0.3, 0.4) is 0 Å². The summed E-state index contributed by atoms with van der Waals surface area (Å²) in [7, 11) is 0. The van der Waals surface area contributed by atoms with Crippen LogP contribution in [0, 0.1) is 17.2 Å². The van der Waals surface area contributed by atoms with Crippen LogP contribution in [0.1, 0.15) is 42.9 Å². The normalized spacial score (nSPS) is 18.2. The van der Waals surface area contributed by atoms with Gasteiger partial charge in [-0.05, 0) is 37.0 Å². The molecule has 1 aliphatic rings. The van der Waals surface area contributed by atoms with Crippen LogP contribution >= 0.6 is 0 Å². The summed E-state index contributed by atoms with van der Waals surface area (Å²) in [5, 5.41) is 18.6. The molecule has 0 bridgehead atoms. The van der Waals surface area contributed by atoms with Crippen molar-refractivity contribution >= 4 is 0 Å². The summed E-state index contributed by atoms with van der Waals surface area (Å²) in [5.74, 6) is 0.651. The van der Waals surface area contributed by atoms with Gasteiger partial charge in [-0.3, -0.25) is 0 Å². The van der Waals surface area contributed by atoms with Gasteiger partial charge < -0.3 is 10.8 Å². The van der Waals surface area contributed by atoms with Crippen LogP contribution in [0.25, 0.3) is 0 Å². The smallest absolute Gasteiger partial charge is 0.120 e. The molecule has 2 rings (SSSR count). The third-order valence-corrected chi connectivity index (χ3v) is 3.42. The van der Waals surface area contributed by atoms with Crippen molar-refractivity contribution in [1.29, 1.82) is 5.26 Å². The van der Waals surface area contributed by atoms with Gasteiger partial charge in [-0.15, -0.1) is 0 Å². The Morgan fingerprint density at radius 2 is 2.06 bits per heavy atom. The monoisotopic (exact) mass is 216 g/mol. The van der Waals surface area contributed by atoms with Gasteiger partial charge in [-0.2, -0.15) is 5.26 Å². The second-order valence-corrected chi connectivity index (χ2v) is 4.46. The van der Waals surface area contributed by atoms with E-state index in [2.05, 4.69) is 6.07 Å². The molecule has 1 saturated carbocycles. The van der Waals surface area contributed by atoms with E-state index >= 15 is 0 Å². The predicted molar refractivity (Wildman–Crippen MR) is 61.7 cm³/mol. The van der Waals surface area contributed by atoms with Crippen molar-refractivity contribution in [2.75, 3.05) is 0 Å². The Morgan fingerprint density at radius 3 is 2.69 bits per heavy atom. The summed E-state index contributed by atoms with van der Waals surface area (Å²) in [4.78, 5) is 0. The zero-order chi connectivity index (χ0) is 11.5. The number of phenols is 1. The fourth-order valence-electron chi connectivity index (χ4n) is 2.46. The maximum Gasteiger partial charge on any atom is 0.120 e. The molecule has 3 heteroatoms. The van der Waals surface area contributed by atoms with Crippen LogP contribution in [0.5, 0.6) is 5.75 Å². The van der Waals surface area contributed by atoms with E-state index in [4.69, 9.17) is 11.0 Å². The van der Waals surface area contributed by atoms with E-state index in [1.165, 1.54) is 12.8 Å². The van der Waals surface area contributed by atoms with Gasteiger partial charge in [0.15, 0.2) is 0 Å². The number of phenolic OH excluding ortho intramolecular Hbond substituents is 1. The topological polar surface area (TPSA) is 70.0 Å². The fourth-order valence-corrected chi connectivity index (χ4v) is 2.46. The molecule has 84 valence electrons. The average molecular weight is 216 g/mol. The number of hydrogen-bond acceptors (Lipinski definition) is 3. The molecule has 0 amide bonds. The van der Waals surface area contributed by atoms with Crippen molar-refractivity contribution in [3.63, 3.8) is 0 Å². The van der Waals surface area contributed by atoms with E-state index < -0.39 is 0 Å². The first-order valence-electron chi connectivity index (χ1n) is 5.71. The molecular weight excluding hydrogens is 200 g/mol. The highest BCUT2D eigenvalue weighted by molar-refractivity contribution is 5.43. The van der Waals surface area contributed by atoms with E-state index in [0.29, 0.717) is 17.0 Å². The Labute approximate surface area is 95.5 Å². The highest BCUT2D eigenvalue weighted by atomic mass is 16.3. The molecule has 0 radical (unpaired) electrons. The third kappa shape index (κ3) is 2.02. The predicted octanol–water partition coefficient (Wildman–Crippen LogP) is 2.45. The van der Waals surface area contributed by atoms with Gasteiger partial charge in [-0.25, -0.2) is 0 Å². The van der Waals surface area contributed by atoms with Crippen LogP contribution in [-0.4, -0.2) is 5.11 Å². The van der Waals surface area contributed by atoms with E-state index in [9.17, 15) is 5.11 Å². The molecule has 1 atom stereocenters. The Hall–Kier alpha value is -1.53. The molecule has 0 heterocycles. The van der Waals surface area contributed by atoms with E-state index in [0.717, 1.165) is 12.8 Å². The molecule has 1 fully saturated rings. The first-order valence-corrected chi connectivity index (χ1v) is 5.71. The van der Waals surface area contributed by atoms with Crippen LogP contribution in [0.4, 0.5) is 0 Å². The average Bonchev–Trinajstić information content (AvgIpc) is 2.82. The zero-order valence-corrected chi connectivity index (χ0v) is 9.19. The number of nitriles is 1. The van der Waals surface area contributed by atoms with Gasteiger partial charge in [0.1, 0.15) is 5.75 Å². The number of nitrogens with zero attached hydrogens (tertiary/aromatic N) is 1. The molecule has 0 saturated heterocycles. The molecule has 1 aromatic carbocycles. The number of rotatable bonds is 2. The molecule has 0 unspecified atom stereocenters. The minimum absolute atomic E-state index is 0.143. The first-order chi connectivity index (χ1) is 7.72. The lowest BCUT2D eigenvalue weighted by Gasteiger charge is -2.20. The molecule has 1 aromatic rings. The molecule has 3 nitrogen and oxygen atoms in total. The molecular formula is C13H16N2O. The van der Waals surface area contributed by atoms with Gasteiger partial charge in [0.25, 0.3) is 0 Å². The number of benzene rings is 1. The Morgan fingerprint density at radius 1 is 1.38 bits per heavy atom. The van der Waals surface area contributed by atoms with Crippen LogP contribution < -0.4 is 5.73 Å². The van der Waals surface area contributed by atoms with Crippen molar-refractivity contribution in [1.82, 2.24) is 0 Å². The second-order valence-electron chi connectivity index (χ2n) is 4.46. The quantitative estimate of drug-likeness (QED) is 0.797. The lowest BCUT2D eigenvalue weighted by molar-refractivity contribution is 0.412. The van der Waals surface area contributed by atoms with Crippen molar-refractivity contribution < 1.29 is 5.11 Å². The highest BCUT2D eigenvalue weighted by Crippen LogP contribution is 2.37. The third-order valence-electron chi connectivity index (χ3n) is 3.42. The molecule has 0 aromatic heterocycles. The van der Waals surface area contributed by atoms with Gasteiger partial charge in [0.2, 0.25) is 0 Å². The minimum Gasteiger partial charge on any atom is -0.508 e. The van der Waals surface area contributed by atoms with E-state index in [1.807, 2.05) is 0 Å². The second kappa shape index (κ2) is 4.54. The molecule has 0 aliphatic heterocycles. The molecule has 0 spiro atoms. The lowest BCUT2D eigenvalue weighted by Crippen LogP contribution is -2.19. The fraction of sp³-hybridized carbons (Fsp3) is 0.462. The summed E-state index contributed by atoms with van der Waals surface area (Å²) in [6.07, 6.45) is 4.68. The molecule has 1 aliphatic carbocycles. The number of nitrogens with two attached hydrogens (primary N) is 1. The summed E-state index contributed by atoms with van der Waals surface area (Å²) in [5.41, 5.74) is 7.43. The Bertz CT molecular complexity index is 416. The Kier molecular flexibility index (Phi) is 3.12. The zero-order valence-electron chi connectivity index (χ0n) is 9.19. The summed E-state index contributed by atoms with van der Waals surface area (Å²) >= 11 is 0. The van der Waals surface area contributed by atoms with Crippen molar-refractivity contribution in [2.45, 2.75) is 31.7 Å². The van der Waals surface area contributed by atoms with Crippen molar-refractivity contribution in [3.05, 3.63) is 29.3 Å². The number of hydrogen-bond donors (Lipinski definition) is 2. The molecule has 3 N–H and O–H groups in total. The van der Waals surface area contributed by atoms with Gasteiger partial charge in [0.05, 0.1) is 11.6 Å². The summed E-state index contributed by atoms with van der Waals surface area (Å²) < 4.78 is 0. The number of aromatic hydroxyl groups is 1. The summed E-state index contributed by atoms with van der Waals surface area (Å²) in [6.45, 7) is 0. The first kappa shape index (κ1) is 11.0. The molecule has 16 heavy (non-hydrogen) atoms. The van der Waals surface area contributed by atoms with E-state index in [1.54, 1.807) is 18.2 Å². The maximum absolute atomic E-state index is 9.77. The van der Waals surface area contributed by atoms with Gasteiger partial charge in [0, 0.05) is 11.6 Å². The van der Waals surface area contributed by atoms with Gasteiger partial charge in [-0.1, -0.05) is 12.8 Å². The van der Waals surface area contributed by atoms with Crippen LogP contribution in [-0.2, 0) is 0 Å². The largest absolute Gasteiger partial charge is 0.508 e. The standard InChI is InChI=1S/C13H16N2O/c14-8-9-5-6-12(16)11(7-9)13(15)10-3-1-2-4-10/h5-7,10,13,16H,1-4,15H2/t13-/m1/s1. The van der Waals surface area contributed by atoms with Gasteiger partial charge >= 0.3 is 0 Å². The van der Waals surface area contributed by atoms with Crippen LogP contribution in [0.2, 0.25) is 0 Å². The van der Waals surface area contributed by atoms with Crippen molar-refractivity contribution in [2.24, 2.45) is 11.7 Å². The van der Waals surface area contributed by atoms with Crippen molar-refractivity contribution in [3.8, 4) is 11.8 Å². The maximum atomic E-state index is 9.77. The summed E-state index contributed by atoms with van der Waals surface area (Å²) in [6, 6.07) is 6.81. The van der Waals surface area contributed by atoms with Crippen LogP contribution in [0.15, 0.2) is 18.2 Å².